The minimum atomic E-state index is -4.41. The quantitative estimate of drug-likeness (QED) is 0.170. The van der Waals surface area contributed by atoms with E-state index in [2.05, 4.69) is 0 Å². The Bertz CT molecular complexity index is 1440. The molecule has 1 heterocycles. The van der Waals surface area contributed by atoms with Gasteiger partial charge in [0.2, 0.25) is 6.10 Å². The summed E-state index contributed by atoms with van der Waals surface area (Å²) < 4.78 is 49.7. The molecule has 210 valence electrons. The molecule has 1 unspecified atom stereocenters. The summed E-state index contributed by atoms with van der Waals surface area (Å²) in [4.78, 5) is 26.6. The maximum Gasteiger partial charge on any atom is 0.416 e. The molecular formula is C30H25Cl2F3O4S. The molecule has 0 radical (unpaired) electrons. The van der Waals surface area contributed by atoms with Gasteiger partial charge in [-0.25, -0.2) is 4.79 Å². The van der Waals surface area contributed by atoms with Gasteiger partial charge in [0.05, 0.1) is 22.1 Å². The molecule has 0 spiro atoms. The Morgan fingerprint density at radius 1 is 1.02 bits per heavy atom. The number of hydrogen-bond donors (Lipinski definition) is 0. The minimum Gasteiger partial charge on any atom is -0.473 e. The van der Waals surface area contributed by atoms with Crippen LogP contribution in [0.3, 0.4) is 0 Å². The first kappa shape index (κ1) is 29.9. The number of Topliss-reactive ketones (excluding diaryl/α,β-unsaturated/α-hetero) is 1. The van der Waals surface area contributed by atoms with Crippen LogP contribution in [0.1, 0.15) is 47.0 Å². The van der Waals surface area contributed by atoms with Crippen LogP contribution >= 0.6 is 34.5 Å². The topological polar surface area (TPSA) is 52.6 Å². The molecule has 0 N–H and O–H groups in total. The van der Waals surface area contributed by atoms with Crippen molar-refractivity contribution in [1.29, 1.82) is 0 Å². The molecular weight excluding hydrogens is 584 g/mol. The summed E-state index contributed by atoms with van der Waals surface area (Å²) in [6.07, 6.45) is 2.21. The number of esters is 1. The van der Waals surface area contributed by atoms with E-state index in [1.54, 1.807) is 31.2 Å². The Morgan fingerprint density at radius 2 is 1.77 bits per heavy atom. The molecule has 4 nitrogen and oxygen atoms in total. The van der Waals surface area contributed by atoms with Crippen molar-refractivity contribution in [3.05, 3.63) is 98.4 Å². The number of allylic oxidation sites excluding steroid dienone is 3. The van der Waals surface area contributed by atoms with E-state index in [9.17, 15) is 22.8 Å². The highest BCUT2D eigenvalue weighted by Crippen LogP contribution is 2.38. The summed E-state index contributed by atoms with van der Waals surface area (Å²) in [5, 5.41) is 0.359. The lowest BCUT2D eigenvalue weighted by atomic mass is 9.99. The predicted molar refractivity (Wildman–Crippen MR) is 151 cm³/mol. The minimum absolute atomic E-state index is 0.129. The standard InChI is InChI=1S/C30H25Cl2F3O4S/c1-2-38-29(37)28(20-6-4-3-5-7-20)39-23-15-11-19(26(31)27(23)32)10-14-22(36)25-17-16-24(40-25)18-8-12-21(13-9-18)30(33,34)35/h3-4,6,8-9,11-13,15-17,28H,2,5,7,10,14H2,1H3. The number of carbonyl (C=O) groups is 2. The third-order valence-corrected chi connectivity index (χ3v) is 8.33. The van der Waals surface area contributed by atoms with E-state index in [1.807, 2.05) is 18.2 Å². The monoisotopic (exact) mass is 608 g/mol. The zero-order chi connectivity index (χ0) is 28.9. The number of hydrogen-bond acceptors (Lipinski definition) is 5. The second kappa shape index (κ2) is 13.1. The van der Waals surface area contributed by atoms with Gasteiger partial charge in [-0.15, -0.1) is 11.3 Å². The van der Waals surface area contributed by atoms with Crippen LogP contribution in [0.5, 0.6) is 5.75 Å². The summed E-state index contributed by atoms with van der Waals surface area (Å²) in [6, 6.07) is 11.5. The van der Waals surface area contributed by atoms with Gasteiger partial charge in [-0.3, -0.25) is 4.79 Å². The molecule has 0 aliphatic heterocycles. The molecule has 0 saturated heterocycles. The normalized spacial score (nSPS) is 14.0. The van der Waals surface area contributed by atoms with Crippen molar-refractivity contribution in [3.63, 3.8) is 0 Å². The van der Waals surface area contributed by atoms with Crippen LogP contribution in [-0.4, -0.2) is 24.5 Å². The molecule has 1 aromatic heterocycles. The van der Waals surface area contributed by atoms with Gasteiger partial charge in [0.1, 0.15) is 10.8 Å². The van der Waals surface area contributed by atoms with Crippen molar-refractivity contribution in [2.24, 2.45) is 0 Å². The van der Waals surface area contributed by atoms with E-state index < -0.39 is 23.8 Å². The first-order valence-corrected chi connectivity index (χ1v) is 14.1. The summed E-state index contributed by atoms with van der Waals surface area (Å²) in [7, 11) is 0. The fourth-order valence-corrected chi connectivity index (χ4v) is 5.61. The lowest BCUT2D eigenvalue weighted by molar-refractivity contribution is -0.149. The van der Waals surface area contributed by atoms with E-state index in [-0.39, 0.29) is 34.6 Å². The Kier molecular flexibility index (Phi) is 9.77. The Balaban J connectivity index is 1.43. The highest BCUT2D eigenvalue weighted by molar-refractivity contribution is 7.17. The van der Waals surface area contributed by atoms with Crippen molar-refractivity contribution in [2.45, 2.75) is 44.9 Å². The van der Waals surface area contributed by atoms with Gasteiger partial charge in [-0.2, -0.15) is 13.2 Å². The molecule has 2 aromatic carbocycles. The fourth-order valence-electron chi connectivity index (χ4n) is 4.15. The number of ether oxygens (including phenoxy) is 2. The number of rotatable bonds is 10. The van der Waals surface area contributed by atoms with Crippen LogP contribution in [0.25, 0.3) is 10.4 Å². The number of thiophene rings is 1. The molecule has 1 aliphatic rings. The second-order valence-corrected chi connectivity index (χ2v) is 10.8. The van der Waals surface area contributed by atoms with E-state index in [0.29, 0.717) is 33.7 Å². The predicted octanol–water partition coefficient (Wildman–Crippen LogP) is 9.14. The van der Waals surface area contributed by atoms with Crippen LogP contribution in [0, 0.1) is 0 Å². The lowest BCUT2D eigenvalue weighted by Gasteiger charge is -2.22. The van der Waals surface area contributed by atoms with Crippen molar-refractivity contribution in [1.82, 2.24) is 0 Å². The summed E-state index contributed by atoms with van der Waals surface area (Å²) >= 11 is 14.2. The third kappa shape index (κ3) is 7.16. The number of alkyl halides is 3. The number of ketones is 1. The van der Waals surface area contributed by atoms with Crippen molar-refractivity contribution >= 4 is 46.3 Å². The van der Waals surface area contributed by atoms with E-state index >= 15 is 0 Å². The maximum atomic E-state index is 12.9. The number of carbonyl (C=O) groups excluding carboxylic acids is 2. The zero-order valence-corrected chi connectivity index (χ0v) is 23.7. The summed E-state index contributed by atoms with van der Waals surface area (Å²) in [6.45, 7) is 1.93. The molecule has 10 heteroatoms. The van der Waals surface area contributed by atoms with Gasteiger partial charge in [0.25, 0.3) is 0 Å². The number of benzene rings is 2. The molecule has 0 bridgehead atoms. The first-order valence-electron chi connectivity index (χ1n) is 12.5. The Hall–Kier alpha value is -3.07. The highest BCUT2D eigenvalue weighted by Gasteiger charge is 2.30. The third-order valence-electron chi connectivity index (χ3n) is 6.25. The van der Waals surface area contributed by atoms with Crippen molar-refractivity contribution in [3.8, 4) is 16.2 Å². The van der Waals surface area contributed by atoms with Crippen LogP contribution in [-0.2, 0) is 22.1 Å². The van der Waals surface area contributed by atoms with Gasteiger partial charge in [0, 0.05) is 11.3 Å². The average Bonchev–Trinajstić information content (AvgIpc) is 3.44. The first-order chi connectivity index (χ1) is 19.1. The second-order valence-electron chi connectivity index (χ2n) is 8.97. The molecule has 40 heavy (non-hydrogen) atoms. The smallest absolute Gasteiger partial charge is 0.416 e. The molecule has 0 amide bonds. The lowest BCUT2D eigenvalue weighted by Crippen LogP contribution is -2.32. The summed E-state index contributed by atoms with van der Waals surface area (Å²) in [5.41, 5.74) is 1.29. The molecule has 0 saturated carbocycles. The maximum absolute atomic E-state index is 12.9. The van der Waals surface area contributed by atoms with Crippen LogP contribution in [0.4, 0.5) is 13.2 Å². The average molecular weight is 609 g/mol. The van der Waals surface area contributed by atoms with Gasteiger partial charge < -0.3 is 9.47 Å². The largest absolute Gasteiger partial charge is 0.473 e. The highest BCUT2D eigenvalue weighted by atomic mass is 35.5. The summed E-state index contributed by atoms with van der Waals surface area (Å²) in [5.74, 6) is -0.414. The molecule has 4 rings (SSSR count). The van der Waals surface area contributed by atoms with E-state index in [4.69, 9.17) is 32.7 Å². The number of aryl methyl sites for hydroxylation is 1. The molecule has 3 aromatic rings. The van der Waals surface area contributed by atoms with Crippen LogP contribution < -0.4 is 4.74 Å². The van der Waals surface area contributed by atoms with Gasteiger partial charge >= 0.3 is 12.1 Å². The van der Waals surface area contributed by atoms with Gasteiger partial charge in [-0.05, 0) is 73.2 Å². The molecule has 1 atom stereocenters. The van der Waals surface area contributed by atoms with E-state index in [1.165, 1.54) is 23.5 Å². The molecule has 0 fully saturated rings. The van der Waals surface area contributed by atoms with Crippen molar-refractivity contribution in [2.75, 3.05) is 6.61 Å². The Labute approximate surface area is 244 Å². The number of halogens is 5. The van der Waals surface area contributed by atoms with Crippen LogP contribution in [0.15, 0.2) is 72.3 Å². The SMILES string of the molecule is CCOC(=O)C(Oc1ccc(CCC(=O)c2ccc(-c3ccc(C(F)(F)F)cc3)s2)c(Cl)c1Cl)C1=CC=CCC1. The molecule has 1 aliphatic carbocycles. The zero-order valence-electron chi connectivity index (χ0n) is 21.4. The van der Waals surface area contributed by atoms with E-state index in [0.717, 1.165) is 24.1 Å². The van der Waals surface area contributed by atoms with Gasteiger partial charge in [-0.1, -0.05) is 59.6 Å². The Morgan fingerprint density at radius 3 is 2.42 bits per heavy atom. The van der Waals surface area contributed by atoms with Gasteiger partial charge in [0.15, 0.2) is 5.78 Å². The fraction of sp³-hybridized carbons (Fsp3) is 0.267. The van der Waals surface area contributed by atoms with Crippen LogP contribution in [0.2, 0.25) is 10.0 Å². The van der Waals surface area contributed by atoms with Crippen molar-refractivity contribution < 1.29 is 32.2 Å².